The number of pyridine rings is 1. The number of nitrogens with zero attached hydrogens (tertiary/aromatic N) is 1. The maximum Gasteiger partial charge on any atom is 0.129 e. The molecule has 0 spiro atoms. The Morgan fingerprint density at radius 3 is 2.25 bits per heavy atom. The van der Waals surface area contributed by atoms with Crippen molar-refractivity contribution in [3.8, 4) is 0 Å². The smallest absolute Gasteiger partial charge is 0.129 e. The lowest BCUT2D eigenvalue weighted by atomic mass is 10.1. The SMILES string of the molecule is CC.Cc1cc(Cc2ccccc2)cnc1NC(C)C. The van der Waals surface area contributed by atoms with Crippen LogP contribution in [0.1, 0.15) is 44.4 Å². The first-order valence-electron chi connectivity index (χ1n) is 7.41. The van der Waals surface area contributed by atoms with Gasteiger partial charge in [-0.3, -0.25) is 0 Å². The van der Waals surface area contributed by atoms with E-state index < -0.39 is 0 Å². The Balaban J connectivity index is 0.000000956. The van der Waals surface area contributed by atoms with E-state index in [-0.39, 0.29) is 0 Å². The Morgan fingerprint density at radius 2 is 1.70 bits per heavy atom. The zero-order valence-electron chi connectivity index (χ0n) is 13.3. The van der Waals surface area contributed by atoms with Crippen LogP contribution in [0.15, 0.2) is 42.6 Å². The first-order valence-corrected chi connectivity index (χ1v) is 7.41. The number of nitrogens with one attached hydrogen (secondary N) is 1. The molecule has 1 aromatic heterocycles. The van der Waals surface area contributed by atoms with Gasteiger partial charge in [0.1, 0.15) is 5.82 Å². The van der Waals surface area contributed by atoms with E-state index in [1.165, 1.54) is 16.7 Å². The summed E-state index contributed by atoms with van der Waals surface area (Å²) in [5.41, 5.74) is 3.79. The molecule has 108 valence electrons. The van der Waals surface area contributed by atoms with Crippen LogP contribution in [0.3, 0.4) is 0 Å². The van der Waals surface area contributed by atoms with Crippen molar-refractivity contribution in [1.82, 2.24) is 4.98 Å². The molecule has 2 rings (SSSR count). The molecule has 0 bridgehead atoms. The maximum atomic E-state index is 4.50. The molecule has 0 saturated heterocycles. The van der Waals surface area contributed by atoms with Crippen molar-refractivity contribution in [3.05, 3.63) is 59.3 Å². The monoisotopic (exact) mass is 270 g/mol. The van der Waals surface area contributed by atoms with Crippen LogP contribution < -0.4 is 5.32 Å². The molecule has 1 N–H and O–H groups in total. The molecule has 0 aliphatic heterocycles. The summed E-state index contributed by atoms with van der Waals surface area (Å²) in [5.74, 6) is 0.988. The molecule has 0 aliphatic rings. The van der Waals surface area contributed by atoms with Crippen molar-refractivity contribution in [3.63, 3.8) is 0 Å². The molecule has 0 fully saturated rings. The number of aromatic nitrogens is 1. The summed E-state index contributed by atoms with van der Waals surface area (Å²) in [5, 5.41) is 3.35. The normalized spacial score (nSPS) is 9.90. The summed E-state index contributed by atoms with van der Waals surface area (Å²) in [6, 6.07) is 13.1. The number of hydrogen-bond donors (Lipinski definition) is 1. The minimum absolute atomic E-state index is 0.413. The standard InChI is InChI=1S/C16H20N2.C2H6/c1-12(2)18-16-13(3)9-15(11-17-16)10-14-7-5-4-6-8-14;1-2/h4-9,11-12H,10H2,1-3H3,(H,17,18);1-2H3. The zero-order chi connectivity index (χ0) is 15.0. The van der Waals surface area contributed by atoms with E-state index in [9.17, 15) is 0 Å². The average Bonchev–Trinajstić information content (AvgIpc) is 2.45. The number of benzene rings is 1. The van der Waals surface area contributed by atoms with Gasteiger partial charge < -0.3 is 5.32 Å². The van der Waals surface area contributed by atoms with Crippen LogP contribution in [0, 0.1) is 6.92 Å². The van der Waals surface area contributed by atoms with E-state index in [2.05, 4.69) is 61.4 Å². The van der Waals surface area contributed by atoms with Gasteiger partial charge in [0, 0.05) is 12.2 Å². The quantitative estimate of drug-likeness (QED) is 0.861. The van der Waals surface area contributed by atoms with E-state index >= 15 is 0 Å². The van der Waals surface area contributed by atoms with Crippen molar-refractivity contribution in [2.45, 2.75) is 47.1 Å². The third-order valence-corrected chi connectivity index (χ3v) is 2.81. The van der Waals surface area contributed by atoms with Gasteiger partial charge in [0.25, 0.3) is 0 Å². The molecule has 2 heteroatoms. The number of hydrogen-bond acceptors (Lipinski definition) is 2. The fourth-order valence-electron chi connectivity index (χ4n) is 1.99. The van der Waals surface area contributed by atoms with Gasteiger partial charge in [-0.2, -0.15) is 0 Å². The van der Waals surface area contributed by atoms with Gasteiger partial charge in [-0.25, -0.2) is 4.98 Å². The first-order chi connectivity index (χ1) is 9.65. The fraction of sp³-hybridized carbons (Fsp3) is 0.389. The highest BCUT2D eigenvalue weighted by Gasteiger charge is 2.03. The maximum absolute atomic E-state index is 4.50. The van der Waals surface area contributed by atoms with Gasteiger partial charge in [-0.05, 0) is 43.9 Å². The lowest BCUT2D eigenvalue weighted by Crippen LogP contribution is -2.12. The van der Waals surface area contributed by atoms with Crippen LogP contribution >= 0.6 is 0 Å². The zero-order valence-corrected chi connectivity index (χ0v) is 13.3. The van der Waals surface area contributed by atoms with Crippen LogP contribution in [0.5, 0.6) is 0 Å². The largest absolute Gasteiger partial charge is 0.368 e. The summed E-state index contributed by atoms with van der Waals surface area (Å²) >= 11 is 0. The molecule has 1 aromatic carbocycles. The van der Waals surface area contributed by atoms with Crippen LogP contribution in [-0.4, -0.2) is 11.0 Å². The number of aryl methyl sites for hydroxylation is 1. The van der Waals surface area contributed by atoms with Crippen molar-refractivity contribution in [1.29, 1.82) is 0 Å². The Bertz CT molecular complexity index is 504. The molecule has 2 aromatic rings. The summed E-state index contributed by atoms with van der Waals surface area (Å²) in [4.78, 5) is 4.50. The summed E-state index contributed by atoms with van der Waals surface area (Å²) in [7, 11) is 0. The molecule has 0 unspecified atom stereocenters. The molecule has 2 nitrogen and oxygen atoms in total. The second-order valence-electron chi connectivity index (χ2n) is 4.97. The van der Waals surface area contributed by atoms with Crippen LogP contribution in [0.25, 0.3) is 0 Å². The number of rotatable bonds is 4. The lowest BCUT2D eigenvalue weighted by Gasteiger charge is -2.12. The molecule has 0 saturated carbocycles. The second-order valence-corrected chi connectivity index (χ2v) is 4.97. The molecule has 0 aliphatic carbocycles. The predicted molar refractivity (Wildman–Crippen MR) is 88.3 cm³/mol. The van der Waals surface area contributed by atoms with Crippen LogP contribution in [0.4, 0.5) is 5.82 Å². The molecule has 0 amide bonds. The van der Waals surface area contributed by atoms with E-state index in [4.69, 9.17) is 0 Å². The Morgan fingerprint density at radius 1 is 1.05 bits per heavy atom. The lowest BCUT2D eigenvalue weighted by molar-refractivity contribution is 0.884. The van der Waals surface area contributed by atoms with Crippen molar-refractivity contribution in [2.24, 2.45) is 0 Å². The van der Waals surface area contributed by atoms with Crippen LogP contribution in [-0.2, 0) is 6.42 Å². The van der Waals surface area contributed by atoms with Gasteiger partial charge in [-0.1, -0.05) is 50.2 Å². The van der Waals surface area contributed by atoms with E-state index in [1.807, 2.05) is 26.1 Å². The van der Waals surface area contributed by atoms with Gasteiger partial charge in [0.05, 0.1) is 0 Å². The molecule has 20 heavy (non-hydrogen) atoms. The topological polar surface area (TPSA) is 24.9 Å². The minimum atomic E-state index is 0.413. The number of anilines is 1. The van der Waals surface area contributed by atoms with Gasteiger partial charge in [0.15, 0.2) is 0 Å². The summed E-state index contributed by atoms with van der Waals surface area (Å²) < 4.78 is 0. The third kappa shape index (κ3) is 5.04. The Labute approximate surface area is 123 Å². The van der Waals surface area contributed by atoms with Crippen molar-refractivity contribution in [2.75, 3.05) is 5.32 Å². The van der Waals surface area contributed by atoms with Gasteiger partial charge in [-0.15, -0.1) is 0 Å². The van der Waals surface area contributed by atoms with E-state index in [0.29, 0.717) is 6.04 Å². The highest BCUT2D eigenvalue weighted by Crippen LogP contribution is 2.16. The highest BCUT2D eigenvalue weighted by molar-refractivity contribution is 5.45. The van der Waals surface area contributed by atoms with Crippen molar-refractivity contribution < 1.29 is 0 Å². The van der Waals surface area contributed by atoms with Gasteiger partial charge >= 0.3 is 0 Å². The first kappa shape index (κ1) is 16.2. The third-order valence-electron chi connectivity index (χ3n) is 2.81. The van der Waals surface area contributed by atoms with Crippen molar-refractivity contribution >= 4 is 5.82 Å². The molecule has 1 heterocycles. The van der Waals surface area contributed by atoms with E-state index in [0.717, 1.165) is 12.2 Å². The average molecular weight is 270 g/mol. The van der Waals surface area contributed by atoms with Crippen LogP contribution in [0.2, 0.25) is 0 Å². The minimum Gasteiger partial charge on any atom is -0.368 e. The molecule has 0 radical (unpaired) electrons. The molecular formula is C18H26N2. The fourth-order valence-corrected chi connectivity index (χ4v) is 1.99. The Kier molecular flexibility index (Phi) is 6.78. The Hall–Kier alpha value is -1.83. The second kappa shape index (κ2) is 8.36. The summed E-state index contributed by atoms with van der Waals surface area (Å²) in [6.07, 6.45) is 2.90. The van der Waals surface area contributed by atoms with Gasteiger partial charge in [0.2, 0.25) is 0 Å². The highest BCUT2D eigenvalue weighted by atomic mass is 15.0. The van der Waals surface area contributed by atoms with E-state index in [1.54, 1.807) is 0 Å². The summed E-state index contributed by atoms with van der Waals surface area (Å²) in [6.45, 7) is 10.4. The molecule has 0 atom stereocenters. The molecular weight excluding hydrogens is 244 g/mol. The predicted octanol–water partition coefficient (Wildman–Crippen LogP) is 4.83.